The average molecular weight is 435 g/mol. The number of ether oxygens (including phenoxy) is 1. The highest BCUT2D eigenvalue weighted by molar-refractivity contribution is 5.90. The summed E-state index contributed by atoms with van der Waals surface area (Å²) in [5.74, 6) is -0.220. The predicted octanol–water partition coefficient (Wildman–Crippen LogP) is 4.14. The third kappa shape index (κ3) is 4.86. The minimum atomic E-state index is -0.593. The Hall–Kier alpha value is -2.77. The van der Waals surface area contributed by atoms with Crippen LogP contribution < -0.4 is 15.7 Å². The zero-order valence-electron chi connectivity index (χ0n) is 16.6. The molecule has 0 radical (unpaired) electrons. The number of likely N-dealkylation sites (tertiary alicyclic amines) is 1. The van der Waals surface area contributed by atoms with E-state index >= 15 is 0 Å². The van der Waals surface area contributed by atoms with E-state index in [4.69, 9.17) is 9.15 Å². The molecule has 2 aromatic carbocycles. The summed E-state index contributed by atoms with van der Waals surface area (Å²) in [5, 5.41) is 13.6. The van der Waals surface area contributed by atoms with E-state index in [9.17, 15) is 14.3 Å². The molecule has 1 fully saturated rings. The van der Waals surface area contributed by atoms with Crippen LogP contribution in [0.25, 0.3) is 11.0 Å². The molecule has 0 atom stereocenters. The molecule has 0 aliphatic carbocycles. The van der Waals surface area contributed by atoms with E-state index in [1.807, 2.05) is 6.07 Å². The molecule has 0 bridgehead atoms. The van der Waals surface area contributed by atoms with Crippen LogP contribution in [0.4, 0.5) is 10.1 Å². The number of anilines is 1. The fraction of sp³-hybridized carbons (Fsp3) is 0.318. The first kappa shape index (κ1) is 21.9. The van der Waals surface area contributed by atoms with Crippen molar-refractivity contribution in [1.82, 2.24) is 4.90 Å². The SMILES string of the molecule is COc1ccc2oc(=O)cc(NC3CCN(Cc4ccc(O)c(F)c4)CC3)c2c1.Cl. The highest BCUT2D eigenvalue weighted by atomic mass is 35.5. The van der Waals surface area contributed by atoms with Gasteiger partial charge in [-0.05, 0) is 48.7 Å². The first-order chi connectivity index (χ1) is 14.0. The molecule has 6 nitrogen and oxygen atoms in total. The summed E-state index contributed by atoms with van der Waals surface area (Å²) in [6.45, 7) is 2.34. The lowest BCUT2D eigenvalue weighted by atomic mass is 10.0. The van der Waals surface area contributed by atoms with Gasteiger partial charge in [-0.1, -0.05) is 6.07 Å². The number of halogens is 2. The molecule has 2 N–H and O–H groups in total. The van der Waals surface area contributed by atoms with Crippen molar-refractivity contribution in [3.8, 4) is 11.5 Å². The Balaban J connectivity index is 0.00000256. The number of phenolic OH excluding ortho intramolecular Hbond substituents is 1. The van der Waals surface area contributed by atoms with Crippen molar-refractivity contribution in [3.05, 3.63) is 64.3 Å². The molecule has 3 aromatic rings. The Morgan fingerprint density at radius 2 is 1.97 bits per heavy atom. The standard InChI is InChI=1S/C22H23FN2O4.ClH/c1-28-16-3-5-21-17(11-16)19(12-22(27)29-21)24-15-6-8-25(9-7-15)13-14-2-4-20(26)18(23)10-14;/h2-5,10-12,15,24,26H,6-9,13H2,1H3;1H. The van der Waals surface area contributed by atoms with Crippen LogP contribution in [-0.4, -0.2) is 36.2 Å². The van der Waals surface area contributed by atoms with Gasteiger partial charge in [0, 0.05) is 37.1 Å². The number of benzene rings is 2. The van der Waals surface area contributed by atoms with E-state index < -0.39 is 11.4 Å². The van der Waals surface area contributed by atoms with E-state index in [0.29, 0.717) is 17.9 Å². The molecule has 1 saturated heterocycles. The Labute approximate surface area is 179 Å². The number of hydrogen-bond acceptors (Lipinski definition) is 6. The average Bonchev–Trinajstić information content (AvgIpc) is 2.72. The smallest absolute Gasteiger partial charge is 0.338 e. The normalized spacial score (nSPS) is 15.0. The number of nitrogens with zero attached hydrogens (tertiary/aromatic N) is 1. The fourth-order valence-electron chi connectivity index (χ4n) is 3.75. The number of phenols is 1. The van der Waals surface area contributed by atoms with Gasteiger partial charge in [-0.3, -0.25) is 4.90 Å². The highest BCUT2D eigenvalue weighted by Crippen LogP contribution is 2.28. The van der Waals surface area contributed by atoms with Crippen molar-refractivity contribution >= 4 is 29.1 Å². The van der Waals surface area contributed by atoms with Crippen LogP contribution in [0.5, 0.6) is 11.5 Å². The van der Waals surface area contributed by atoms with Crippen LogP contribution in [-0.2, 0) is 6.54 Å². The number of piperidine rings is 1. The van der Waals surface area contributed by atoms with E-state index in [2.05, 4.69) is 10.2 Å². The lowest BCUT2D eigenvalue weighted by Crippen LogP contribution is -2.38. The Morgan fingerprint density at radius 3 is 2.67 bits per heavy atom. The quantitative estimate of drug-likeness (QED) is 0.588. The van der Waals surface area contributed by atoms with Crippen LogP contribution >= 0.6 is 12.4 Å². The van der Waals surface area contributed by atoms with Crippen LogP contribution in [0.15, 0.2) is 51.7 Å². The van der Waals surface area contributed by atoms with Gasteiger partial charge < -0.3 is 19.6 Å². The second-order valence-electron chi connectivity index (χ2n) is 7.32. The summed E-state index contributed by atoms with van der Waals surface area (Å²) in [6.07, 6.45) is 1.79. The maximum Gasteiger partial charge on any atom is 0.338 e. The van der Waals surface area contributed by atoms with Crippen molar-refractivity contribution in [3.63, 3.8) is 0 Å². The molecule has 1 aliphatic heterocycles. The molecule has 2 heterocycles. The topological polar surface area (TPSA) is 74.9 Å². The minimum Gasteiger partial charge on any atom is -0.505 e. The first-order valence-electron chi connectivity index (χ1n) is 9.60. The number of nitrogens with one attached hydrogen (secondary N) is 1. The number of fused-ring (bicyclic) bond motifs is 1. The molecule has 1 aromatic heterocycles. The minimum absolute atomic E-state index is 0. The summed E-state index contributed by atoms with van der Waals surface area (Å²) in [7, 11) is 1.60. The molecule has 0 saturated carbocycles. The molecule has 0 amide bonds. The summed E-state index contributed by atoms with van der Waals surface area (Å²) >= 11 is 0. The lowest BCUT2D eigenvalue weighted by Gasteiger charge is -2.33. The fourth-order valence-corrected chi connectivity index (χ4v) is 3.75. The van der Waals surface area contributed by atoms with Crippen molar-refractivity contribution in [1.29, 1.82) is 0 Å². The number of hydrogen-bond donors (Lipinski definition) is 2. The maximum absolute atomic E-state index is 13.5. The highest BCUT2D eigenvalue weighted by Gasteiger charge is 2.20. The largest absolute Gasteiger partial charge is 0.505 e. The third-order valence-corrected chi connectivity index (χ3v) is 5.32. The Kier molecular flexibility index (Phi) is 6.84. The van der Waals surface area contributed by atoms with E-state index in [1.165, 1.54) is 18.2 Å². The second kappa shape index (κ2) is 9.36. The Bertz CT molecular complexity index is 1080. The van der Waals surface area contributed by atoms with Crippen LogP contribution in [0.2, 0.25) is 0 Å². The Morgan fingerprint density at radius 1 is 1.20 bits per heavy atom. The summed E-state index contributed by atoms with van der Waals surface area (Å²) in [5.41, 5.74) is 1.71. The predicted molar refractivity (Wildman–Crippen MR) is 116 cm³/mol. The number of rotatable bonds is 5. The van der Waals surface area contributed by atoms with Gasteiger partial charge in [-0.15, -0.1) is 12.4 Å². The van der Waals surface area contributed by atoms with Gasteiger partial charge in [0.1, 0.15) is 11.3 Å². The van der Waals surface area contributed by atoms with Crippen molar-refractivity contribution in [2.45, 2.75) is 25.4 Å². The lowest BCUT2D eigenvalue weighted by molar-refractivity contribution is 0.211. The van der Waals surface area contributed by atoms with Gasteiger partial charge in [0.25, 0.3) is 0 Å². The van der Waals surface area contributed by atoms with Crippen molar-refractivity contribution < 1.29 is 18.7 Å². The molecule has 1 aliphatic rings. The van der Waals surface area contributed by atoms with Crippen molar-refractivity contribution in [2.75, 3.05) is 25.5 Å². The first-order valence-corrected chi connectivity index (χ1v) is 9.60. The molecule has 0 spiro atoms. The molecule has 8 heteroatoms. The zero-order valence-corrected chi connectivity index (χ0v) is 17.4. The second-order valence-corrected chi connectivity index (χ2v) is 7.32. The zero-order chi connectivity index (χ0) is 20.4. The van der Waals surface area contributed by atoms with E-state index in [-0.39, 0.29) is 24.2 Å². The van der Waals surface area contributed by atoms with Gasteiger partial charge in [0.05, 0.1) is 12.8 Å². The molecular weight excluding hydrogens is 411 g/mol. The van der Waals surface area contributed by atoms with Gasteiger partial charge in [-0.2, -0.15) is 0 Å². The third-order valence-electron chi connectivity index (χ3n) is 5.32. The molecular formula is C22H24ClFN2O4. The van der Waals surface area contributed by atoms with Gasteiger partial charge in [-0.25, -0.2) is 9.18 Å². The van der Waals surface area contributed by atoms with E-state index in [0.717, 1.165) is 42.6 Å². The van der Waals surface area contributed by atoms with Crippen LogP contribution in [0.1, 0.15) is 18.4 Å². The van der Waals surface area contributed by atoms with Gasteiger partial charge in [0.2, 0.25) is 0 Å². The monoisotopic (exact) mass is 434 g/mol. The molecule has 0 unspecified atom stereocenters. The van der Waals surface area contributed by atoms with Gasteiger partial charge >= 0.3 is 5.63 Å². The van der Waals surface area contributed by atoms with Gasteiger partial charge in [0.15, 0.2) is 11.6 Å². The maximum atomic E-state index is 13.5. The number of methoxy groups -OCH3 is 1. The van der Waals surface area contributed by atoms with E-state index in [1.54, 1.807) is 25.3 Å². The van der Waals surface area contributed by atoms with Crippen LogP contribution in [0, 0.1) is 5.82 Å². The van der Waals surface area contributed by atoms with Crippen molar-refractivity contribution in [2.24, 2.45) is 0 Å². The van der Waals surface area contributed by atoms with Crippen LogP contribution in [0.3, 0.4) is 0 Å². The number of aromatic hydroxyl groups is 1. The summed E-state index contributed by atoms with van der Waals surface area (Å²) in [6, 6.07) is 11.6. The summed E-state index contributed by atoms with van der Waals surface area (Å²) in [4.78, 5) is 14.2. The molecule has 160 valence electrons. The molecule has 4 rings (SSSR count). The summed E-state index contributed by atoms with van der Waals surface area (Å²) < 4.78 is 24.1. The molecule has 30 heavy (non-hydrogen) atoms.